The summed E-state index contributed by atoms with van der Waals surface area (Å²) in [5.74, 6) is 0.194. The average molecular weight is 388 g/mol. The van der Waals surface area contributed by atoms with Crippen LogP contribution in [-0.2, 0) is 4.79 Å². The van der Waals surface area contributed by atoms with Crippen molar-refractivity contribution in [1.82, 2.24) is 14.6 Å². The summed E-state index contributed by atoms with van der Waals surface area (Å²) in [4.78, 5) is 41.8. The maximum Gasteiger partial charge on any atom is 0.360 e. The van der Waals surface area contributed by atoms with Crippen molar-refractivity contribution in [2.24, 2.45) is 5.10 Å². The van der Waals surface area contributed by atoms with E-state index in [0.29, 0.717) is 33.3 Å². The van der Waals surface area contributed by atoms with Crippen LogP contribution in [0.4, 0.5) is 4.79 Å². The van der Waals surface area contributed by atoms with Crippen LogP contribution >= 0.6 is 0 Å². The highest BCUT2D eigenvalue weighted by molar-refractivity contribution is 6.21. The number of hydrazone groups is 1. The van der Waals surface area contributed by atoms with E-state index < -0.39 is 17.5 Å². The van der Waals surface area contributed by atoms with Crippen molar-refractivity contribution in [3.63, 3.8) is 0 Å². The number of carbonyl (C=O) groups is 2. The summed E-state index contributed by atoms with van der Waals surface area (Å²) in [5.41, 5.74) is 1.07. The minimum absolute atomic E-state index is 0.0567. The summed E-state index contributed by atoms with van der Waals surface area (Å²) in [6.45, 7) is 1.67. The fourth-order valence-electron chi connectivity index (χ4n) is 3.82. The molecule has 0 saturated heterocycles. The van der Waals surface area contributed by atoms with E-state index in [4.69, 9.17) is 4.74 Å². The molecule has 0 fully saturated rings. The number of nitrogens with zero attached hydrogens (tertiary/aromatic N) is 3. The lowest BCUT2D eigenvalue weighted by atomic mass is 10.1. The Hall–Kier alpha value is -3.94. The Bertz CT molecular complexity index is 1440. The summed E-state index contributed by atoms with van der Waals surface area (Å²) in [5, 5.41) is 7.38. The number of fused-ring (bicyclic) bond motifs is 5. The zero-order chi connectivity index (χ0) is 20.3. The number of H-pyrrole nitrogens is 1. The van der Waals surface area contributed by atoms with E-state index in [1.807, 2.05) is 24.3 Å². The number of imide groups is 1. The third-order valence-electron chi connectivity index (χ3n) is 5.13. The minimum atomic E-state index is -0.800. The molecule has 8 heteroatoms. The summed E-state index contributed by atoms with van der Waals surface area (Å²) in [7, 11) is 1.58. The quantitative estimate of drug-likeness (QED) is 0.541. The van der Waals surface area contributed by atoms with Crippen LogP contribution in [0.2, 0.25) is 0 Å². The maximum absolute atomic E-state index is 13.2. The predicted octanol–water partition coefficient (Wildman–Crippen LogP) is 3.22. The van der Waals surface area contributed by atoms with Crippen LogP contribution in [-0.4, -0.2) is 39.3 Å². The molecule has 0 spiro atoms. The molecule has 0 saturated carbocycles. The molecule has 4 aromatic rings. The summed E-state index contributed by atoms with van der Waals surface area (Å²) < 4.78 is 6.33. The number of hydrogen-bond acceptors (Lipinski definition) is 5. The fourth-order valence-corrected chi connectivity index (χ4v) is 3.82. The van der Waals surface area contributed by atoms with Crippen molar-refractivity contribution in [3.8, 4) is 5.75 Å². The highest BCUT2D eigenvalue weighted by atomic mass is 16.5. The molecule has 1 aliphatic rings. The van der Waals surface area contributed by atoms with E-state index in [0.717, 1.165) is 20.5 Å². The summed E-state index contributed by atoms with van der Waals surface area (Å²) in [6.07, 6.45) is 0.0567. The molecule has 0 radical (unpaired) electrons. The van der Waals surface area contributed by atoms with E-state index in [-0.39, 0.29) is 6.42 Å². The molecular formula is C21H16N4O4. The van der Waals surface area contributed by atoms with Crippen molar-refractivity contribution >= 4 is 50.4 Å². The number of pyridine rings is 1. The number of carbonyl (C=O) groups excluding carboxylic acids is 2. The molecule has 3 heterocycles. The van der Waals surface area contributed by atoms with Gasteiger partial charge in [-0.05, 0) is 36.6 Å². The second kappa shape index (κ2) is 6.03. The number of hydrogen-bond donors (Lipinski definition) is 1. The van der Waals surface area contributed by atoms with Gasteiger partial charge in [-0.3, -0.25) is 9.59 Å². The van der Waals surface area contributed by atoms with Gasteiger partial charge >= 0.3 is 6.03 Å². The largest absolute Gasteiger partial charge is 0.497 e. The van der Waals surface area contributed by atoms with Crippen LogP contribution in [0.25, 0.3) is 32.7 Å². The van der Waals surface area contributed by atoms with Crippen LogP contribution in [0, 0.1) is 0 Å². The minimum Gasteiger partial charge on any atom is -0.497 e. The van der Waals surface area contributed by atoms with Crippen molar-refractivity contribution in [1.29, 1.82) is 0 Å². The van der Waals surface area contributed by atoms with E-state index in [2.05, 4.69) is 10.1 Å². The third kappa shape index (κ3) is 2.39. The zero-order valence-electron chi connectivity index (χ0n) is 15.7. The molecule has 0 atom stereocenters. The molecule has 5 rings (SSSR count). The van der Waals surface area contributed by atoms with E-state index >= 15 is 0 Å². The van der Waals surface area contributed by atoms with Crippen LogP contribution in [0.5, 0.6) is 5.75 Å². The molecule has 1 aliphatic heterocycles. The van der Waals surface area contributed by atoms with E-state index in [1.54, 1.807) is 32.2 Å². The Kier molecular flexibility index (Phi) is 3.57. The Balaban J connectivity index is 1.93. The lowest BCUT2D eigenvalue weighted by Gasteiger charge is -2.13. The molecule has 1 N–H and O–H groups in total. The van der Waals surface area contributed by atoms with Gasteiger partial charge in [-0.1, -0.05) is 18.2 Å². The molecule has 0 unspecified atom stereocenters. The molecule has 2 aromatic carbocycles. The second-order valence-corrected chi connectivity index (χ2v) is 6.95. The summed E-state index contributed by atoms with van der Waals surface area (Å²) >= 11 is 0. The first-order valence-corrected chi connectivity index (χ1v) is 9.04. The van der Waals surface area contributed by atoms with Gasteiger partial charge in [-0.25, -0.2) is 9.36 Å². The molecule has 8 nitrogen and oxygen atoms in total. The molecule has 0 aliphatic carbocycles. The zero-order valence-corrected chi connectivity index (χ0v) is 15.7. The lowest BCUT2D eigenvalue weighted by molar-refractivity contribution is -0.125. The van der Waals surface area contributed by atoms with Gasteiger partial charge in [0.05, 0.1) is 13.5 Å². The van der Waals surface area contributed by atoms with Gasteiger partial charge in [0.15, 0.2) is 0 Å². The van der Waals surface area contributed by atoms with Gasteiger partial charge in [-0.2, -0.15) is 5.10 Å². The number of aromatic amines is 1. The molecule has 2 aromatic heterocycles. The first-order valence-electron chi connectivity index (χ1n) is 9.04. The maximum atomic E-state index is 13.2. The van der Waals surface area contributed by atoms with E-state index in [1.165, 1.54) is 0 Å². The Morgan fingerprint density at radius 1 is 1.10 bits per heavy atom. The first kappa shape index (κ1) is 17.2. The second-order valence-electron chi connectivity index (χ2n) is 6.95. The average Bonchev–Trinajstić information content (AvgIpc) is 3.26. The SMILES string of the molecule is COc1ccc2[nH]c3c(c2c1)c1ccccc1c(=O)n3C(=O)N1N=C(C)CC1=O. The van der Waals surface area contributed by atoms with Gasteiger partial charge in [0.2, 0.25) is 0 Å². The van der Waals surface area contributed by atoms with Crippen molar-refractivity contribution in [2.45, 2.75) is 13.3 Å². The topological polar surface area (TPSA) is 96.8 Å². The number of amides is 2. The Morgan fingerprint density at radius 3 is 2.55 bits per heavy atom. The van der Waals surface area contributed by atoms with Gasteiger partial charge in [0.1, 0.15) is 11.4 Å². The molecule has 2 amide bonds. The number of aromatic nitrogens is 2. The highest BCUT2D eigenvalue weighted by Crippen LogP contribution is 2.33. The van der Waals surface area contributed by atoms with Crippen LogP contribution in [0.1, 0.15) is 13.3 Å². The van der Waals surface area contributed by atoms with Crippen LogP contribution in [0.15, 0.2) is 52.4 Å². The van der Waals surface area contributed by atoms with Crippen molar-refractivity contribution in [2.75, 3.05) is 7.11 Å². The number of rotatable bonds is 1. The highest BCUT2D eigenvalue weighted by Gasteiger charge is 2.31. The Labute approximate surface area is 164 Å². The normalized spacial score (nSPS) is 14.2. The third-order valence-corrected chi connectivity index (χ3v) is 5.13. The molecule has 0 bridgehead atoms. The van der Waals surface area contributed by atoms with Crippen LogP contribution < -0.4 is 10.3 Å². The smallest absolute Gasteiger partial charge is 0.360 e. The van der Waals surface area contributed by atoms with Gasteiger partial charge in [-0.15, -0.1) is 5.01 Å². The molecular weight excluding hydrogens is 372 g/mol. The van der Waals surface area contributed by atoms with Crippen LogP contribution in [0.3, 0.4) is 0 Å². The molecule has 29 heavy (non-hydrogen) atoms. The van der Waals surface area contributed by atoms with E-state index in [9.17, 15) is 14.4 Å². The van der Waals surface area contributed by atoms with Gasteiger partial charge in [0.25, 0.3) is 11.5 Å². The van der Waals surface area contributed by atoms with Gasteiger partial charge in [0, 0.05) is 27.4 Å². The molecule has 144 valence electrons. The standard InChI is InChI=1S/C21H16N4O4/c1-11-9-17(26)25(23-11)21(28)24-19-18(13-5-3-4-6-14(13)20(24)27)15-10-12(29-2)7-8-16(15)22-19/h3-8,10,22H,9H2,1-2H3. The lowest BCUT2D eigenvalue weighted by Crippen LogP contribution is -2.38. The van der Waals surface area contributed by atoms with Crippen molar-refractivity contribution < 1.29 is 14.3 Å². The number of benzene rings is 2. The first-order chi connectivity index (χ1) is 14.0. The summed E-state index contributed by atoms with van der Waals surface area (Å²) in [6, 6.07) is 11.7. The predicted molar refractivity (Wildman–Crippen MR) is 109 cm³/mol. The Morgan fingerprint density at radius 2 is 1.86 bits per heavy atom. The monoisotopic (exact) mass is 388 g/mol. The number of nitrogens with one attached hydrogen (secondary N) is 1. The number of ether oxygens (including phenoxy) is 1. The fraction of sp³-hybridized carbons (Fsp3) is 0.143. The van der Waals surface area contributed by atoms with Gasteiger partial charge < -0.3 is 9.72 Å². The van der Waals surface area contributed by atoms with Crippen molar-refractivity contribution in [3.05, 3.63) is 52.8 Å². The number of methoxy groups -OCH3 is 1.